The lowest BCUT2D eigenvalue weighted by Crippen LogP contribution is -2.38. The highest BCUT2D eigenvalue weighted by Crippen LogP contribution is 2.33. The molecule has 0 radical (unpaired) electrons. The van der Waals surface area contributed by atoms with E-state index in [1.807, 2.05) is 0 Å². The number of aromatic nitrogens is 3. The van der Waals surface area contributed by atoms with E-state index in [0.29, 0.717) is 48.1 Å². The molecule has 1 amide bonds. The van der Waals surface area contributed by atoms with Crippen molar-refractivity contribution in [1.29, 1.82) is 0 Å². The van der Waals surface area contributed by atoms with Crippen molar-refractivity contribution in [2.24, 2.45) is 0 Å². The second kappa shape index (κ2) is 8.65. The second-order valence-electron chi connectivity index (χ2n) is 7.24. The number of carbonyl (C=O) groups is 1. The molecule has 12 heteroatoms. The first kappa shape index (κ1) is 21.9. The van der Waals surface area contributed by atoms with Gasteiger partial charge in [0.25, 0.3) is 5.91 Å². The Hall–Kier alpha value is -2.34. The van der Waals surface area contributed by atoms with E-state index < -0.39 is 10.0 Å². The van der Waals surface area contributed by atoms with Crippen LogP contribution in [0.2, 0.25) is 5.02 Å². The smallest absolute Gasteiger partial charge is 0.286 e. The predicted molar refractivity (Wildman–Crippen MR) is 116 cm³/mol. The fourth-order valence-corrected chi connectivity index (χ4v) is 6.42. The monoisotopic (exact) mass is 481 g/mol. The van der Waals surface area contributed by atoms with Gasteiger partial charge in [0.2, 0.25) is 15.0 Å². The maximum atomic E-state index is 13.0. The Kier molecular flexibility index (Phi) is 6.11. The van der Waals surface area contributed by atoms with Gasteiger partial charge in [0.05, 0.1) is 0 Å². The topological polar surface area (TPSA) is 118 Å². The van der Waals surface area contributed by atoms with Crippen LogP contribution in [-0.4, -0.2) is 47.1 Å². The Morgan fingerprint density at radius 1 is 1.26 bits per heavy atom. The Morgan fingerprint density at radius 3 is 2.65 bits per heavy atom. The van der Waals surface area contributed by atoms with Gasteiger partial charge in [-0.05, 0) is 44.9 Å². The summed E-state index contributed by atoms with van der Waals surface area (Å²) in [6.45, 7) is 3.91. The molecule has 2 aromatic heterocycles. The highest BCUT2D eigenvalue weighted by atomic mass is 35.5. The second-order valence-corrected chi connectivity index (χ2v) is 10.6. The fraction of sp³-hybridized carbons (Fsp3) is 0.368. The molecule has 31 heavy (non-hydrogen) atoms. The molecule has 9 nitrogen and oxygen atoms in total. The van der Waals surface area contributed by atoms with E-state index in [1.54, 1.807) is 38.1 Å². The minimum Gasteiger partial charge on any atom is -0.360 e. The lowest BCUT2D eigenvalue weighted by molar-refractivity contribution is 0.102. The number of rotatable bonds is 5. The quantitative estimate of drug-likeness (QED) is 0.591. The van der Waals surface area contributed by atoms with E-state index in [-0.39, 0.29) is 21.7 Å². The van der Waals surface area contributed by atoms with Crippen LogP contribution in [0.25, 0.3) is 0 Å². The van der Waals surface area contributed by atoms with Crippen molar-refractivity contribution in [1.82, 2.24) is 19.7 Å². The number of aryl methyl sites for hydroxylation is 2. The maximum absolute atomic E-state index is 13.0. The van der Waals surface area contributed by atoms with E-state index >= 15 is 0 Å². The van der Waals surface area contributed by atoms with Crippen LogP contribution < -0.4 is 5.32 Å². The summed E-state index contributed by atoms with van der Waals surface area (Å²) in [5.41, 5.74) is 0.936. The van der Waals surface area contributed by atoms with Gasteiger partial charge in [-0.25, -0.2) is 8.42 Å². The Labute approximate surface area is 188 Å². The molecule has 1 aliphatic heterocycles. The number of hydrogen-bond acceptors (Lipinski definition) is 8. The number of benzene rings is 1. The third-order valence-electron chi connectivity index (χ3n) is 5.09. The number of piperidine rings is 1. The minimum atomic E-state index is -3.66. The number of nitrogens with one attached hydrogen (secondary N) is 1. The van der Waals surface area contributed by atoms with E-state index in [4.69, 9.17) is 16.1 Å². The fourth-order valence-electron chi connectivity index (χ4n) is 3.56. The number of hydrogen-bond donors (Lipinski definition) is 1. The summed E-state index contributed by atoms with van der Waals surface area (Å²) in [6, 6.07) is 6.85. The lowest BCUT2D eigenvalue weighted by Gasteiger charge is -2.29. The first-order valence-electron chi connectivity index (χ1n) is 9.59. The normalized spacial score (nSPS) is 15.8. The third-order valence-corrected chi connectivity index (χ3v) is 8.55. The molecule has 0 spiro atoms. The van der Waals surface area contributed by atoms with Gasteiger partial charge in [0.1, 0.15) is 15.6 Å². The first-order valence-corrected chi connectivity index (χ1v) is 12.2. The van der Waals surface area contributed by atoms with Crippen molar-refractivity contribution in [3.8, 4) is 0 Å². The van der Waals surface area contributed by atoms with Crippen molar-refractivity contribution in [3.63, 3.8) is 0 Å². The molecule has 0 atom stereocenters. The summed E-state index contributed by atoms with van der Waals surface area (Å²) in [5, 5.41) is 16.2. The van der Waals surface area contributed by atoms with Crippen LogP contribution >= 0.6 is 22.9 Å². The number of amides is 1. The predicted octanol–water partition coefficient (Wildman–Crippen LogP) is 3.62. The van der Waals surface area contributed by atoms with Crippen molar-refractivity contribution in [3.05, 3.63) is 50.8 Å². The summed E-state index contributed by atoms with van der Waals surface area (Å²) >= 11 is 7.16. The molecule has 0 bridgehead atoms. The molecule has 1 N–H and O–H groups in total. The van der Waals surface area contributed by atoms with Gasteiger partial charge in [0, 0.05) is 29.7 Å². The zero-order valence-corrected chi connectivity index (χ0v) is 19.2. The Bertz CT molecular complexity index is 1200. The van der Waals surface area contributed by atoms with Gasteiger partial charge in [0.15, 0.2) is 5.76 Å². The summed E-state index contributed by atoms with van der Waals surface area (Å²) in [7, 11) is -3.66. The summed E-state index contributed by atoms with van der Waals surface area (Å²) in [4.78, 5) is 12.6. The van der Waals surface area contributed by atoms with Crippen molar-refractivity contribution in [2.45, 2.75) is 37.5 Å². The molecule has 0 unspecified atom stereocenters. The molecule has 3 aromatic rings. The molecular formula is C19H20ClN5O4S2. The van der Waals surface area contributed by atoms with Crippen molar-refractivity contribution < 1.29 is 17.7 Å². The summed E-state index contributed by atoms with van der Waals surface area (Å²) < 4.78 is 32.4. The highest BCUT2D eigenvalue weighted by molar-refractivity contribution is 7.89. The number of halogens is 1. The van der Waals surface area contributed by atoms with Crippen LogP contribution in [0.15, 0.2) is 33.7 Å². The SMILES string of the molecule is Cc1noc(C)c1S(=O)(=O)N1CCC(c2nnc(C(=O)Nc3cccc(Cl)c3)s2)CC1. The lowest BCUT2D eigenvalue weighted by atomic mass is 9.99. The van der Waals surface area contributed by atoms with Crippen molar-refractivity contribution >= 4 is 44.6 Å². The van der Waals surface area contributed by atoms with Gasteiger partial charge < -0.3 is 9.84 Å². The number of carbonyl (C=O) groups excluding carboxylic acids is 1. The molecule has 1 aromatic carbocycles. The van der Waals surface area contributed by atoms with Crippen LogP contribution in [0.3, 0.4) is 0 Å². The maximum Gasteiger partial charge on any atom is 0.286 e. The molecule has 1 fully saturated rings. The molecule has 4 rings (SSSR count). The molecule has 1 saturated heterocycles. The number of anilines is 1. The van der Waals surface area contributed by atoms with Crippen LogP contribution in [-0.2, 0) is 10.0 Å². The molecule has 3 heterocycles. The summed E-state index contributed by atoms with van der Waals surface area (Å²) in [5.74, 6) is -0.0233. The highest BCUT2D eigenvalue weighted by Gasteiger charge is 2.35. The minimum absolute atomic E-state index is 0.0429. The zero-order valence-electron chi connectivity index (χ0n) is 16.8. The van der Waals surface area contributed by atoms with Crippen molar-refractivity contribution in [2.75, 3.05) is 18.4 Å². The molecular weight excluding hydrogens is 462 g/mol. The van der Waals surface area contributed by atoms with Crippen LogP contribution in [0.4, 0.5) is 5.69 Å². The van der Waals surface area contributed by atoms with Gasteiger partial charge in [-0.3, -0.25) is 4.79 Å². The first-order chi connectivity index (χ1) is 14.8. The average Bonchev–Trinajstić information content (AvgIpc) is 3.35. The van der Waals surface area contributed by atoms with E-state index in [9.17, 15) is 13.2 Å². The Morgan fingerprint density at radius 2 is 2.00 bits per heavy atom. The van der Waals surface area contributed by atoms with Gasteiger partial charge in [-0.1, -0.05) is 34.2 Å². The van der Waals surface area contributed by atoms with Gasteiger partial charge in [-0.2, -0.15) is 4.31 Å². The van der Waals surface area contributed by atoms with Gasteiger partial charge >= 0.3 is 0 Å². The van der Waals surface area contributed by atoms with E-state index in [1.165, 1.54) is 15.6 Å². The number of sulfonamides is 1. The van der Waals surface area contributed by atoms with Gasteiger partial charge in [-0.15, -0.1) is 10.2 Å². The molecule has 1 aliphatic rings. The van der Waals surface area contributed by atoms with E-state index in [0.717, 1.165) is 5.01 Å². The number of nitrogens with zero attached hydrogens (tertiary/aromatic N) is 4. The van der Waals surface area contributed by atoms with E-state index in [2.05, 4.69) is 20.7 Å². The van der Waals surface area contributed by atoms with Crippen LogP contribution in [0, 0.1) is 13.8 Å². The third kappa shape index (κ3) is 4.49. The molecule has 0 aliphatic carbocycles. The average molecular weight is 482 g/mol. The molecule has 0 saturated carbocycles. The standard InChI is InChI=1S/C19H20ClN5O4S2/c1-11-16(12(2)29-24-11)31(27,28)25-8-6-13(7-9-25)18-22-23-19(30-18)17(26)21-15-5-3-4-14(20)10-15/h3-5,10,13H,6-9H2,1-2H3,(H,21,26). The largest absolute Gasteiger partial charge is 0.360 e. The Balaban J connectivity index is 1.41. The zero-order chi connectivity index (χ0) is 22.2. The molecule has 164 valence electrons. The summed E-state index contributed by atoms with van der Waals surface area (Å²) in [6.07, 6.45) is 1.18. The van der Waals surface area contributed by atoms with Crippen LogP contribution in [0.1, 0.15) is 45.0 Å². The van der Waals surface area contributed by atoms with Crippen LogP contribution in [0.5, 0.6) is 0 Å².